The molecule has 2 rings (SSSR count). The van der Waals surface area contributed by atoms with Crippen LogP contribution < -0.4 is 5.32 Å². The fourth-order valence-corrected chi connectivity index (χ4v) is 5.16. The van der Waals surface area contributed by atoms with Crippen LogP contribution in [0, 0.1) is 10.9 Å². The summed E-state index contributed by atoms with van der Waals surface area (Å²) in [5.41, 5.74) is 1.03. The van der Waals surface area contributed by atoms with Crippen molar-refractivity contribution in [1.29, 1.82) is 0 Å². The highest BCUT2D eigenvalue weighted by Gasteiger charge is 2.23. The minimum atomic E-state index is 0.130. The van der Waals surface area contributed by atoms with Crippen LogP contribution in [0.2, 0.25) is 0 Å². The minimum Gasteiger partial charge on any atom is -0.353 e. The van der Waals surface area contributed by atoms with Gasteiger partial charge in [0.25, 0.3) is 0 Å². The molecule has 1 aromatic rings. The van der Waals surface area contributed by atoms with E-state index in [-0.39, 0.29) is 5.91 Å². The van der Waals surface area contributed by atoms with Gasteiger partial charge in [-0.2, -0.15) is 11.8 Å². The summed E-state index contributed by atoms with van der Waals surface area (Å²) in [7, 11) is 0. The van der Waals surface area contributed by atoms with Gasteiger partial charge in [-0.05, 0) is 44.2 Å². The Bertz CT molecular complexity index is 507. The summed E-state index contributed by atoms with van der Waals surface area (Å²) < 4.78 is 0.752. The molecule has 0 spiro atoms. The average Bonchev–Trinajstić information content (AvgIpc) is 2.68. The number of amides is 1. The topological polar surface area (TPSA) is 44.9 Å². The van der Waals surface area contributed by atoms with Crippen LogP contribution in [-0.4, -0.2) is 27.9 Å². The highest BCUT2D eigenvalue weighted by Crippen LogP contribution is 2.28. The molecular formula is C14H22N2OS3. The quantitative estimate of drug-likeness (QED) is 0.806. The molecule has 1 amide bonds. The molecule has 0 aromatic carbocycles. The Labute approximate surface area is 133 Å². The fourth-order valence-electron chi connectivity index (χ4n) is 2.69. The number of aromatic nitrogens is 1. The van der Waals surface area contributed by atoms with Gasteiger partial charge in [-0.15, -0.1) is 11.3 Å². The number of nitrogens with one attached hydrogen (secondary N) is 2. The lowest BCUT2D eigenvalue weighted by Gasteiger charge is -2.29. The summed E-state index contributed by atoms with van der Waals surface area (Å²) in [5, 5.41) is 3.92. The second-order valence-electron chi connectivity index (χ2n) is 5.25. The van der Waals surface area contributed by atoms with Crippen molar-refractivity contribution < 1.29 is 4.79 Å². The zero-order chi connectivity index (χ0) is 14.5. The first-order chi connectivity index (χ1) is 9.58. The number of aromatic amines is 1. The van der Waals surface area contributed by atoms with Crippen LogP contribution in [0.15, 0.2) is 0 Å². The third kappa shape index (κ3) is 4.60. The Kier molecular flexibility index (Phi) is 6.11. The lowest BCUT2D eigenvalue weighted by Crippen LogP contribution is -2.39. The molecule has 6 heteroatoms. The number of thioether (sulfide) groups is 1. The summed E-state index contributed by atoms with van der Waals surface area (Å²) >= 11 is 8.64. The maximum absolute atomic E-state index is 12.1. The van der Waals surface area contributed by atoms with Crippen molar-refractivity contribution in [3.05, 3.63) is 14.5 Å². The van der Waals surface area contributed by atoms with Crippen molar-refractivity contribution >= 4 is 41.2 Å². The van der Waals surface area contributed by atoms with E-state index in [0.29, 0.717) is 12.5 Å². The van der Waals surface area contributed by atoms with Crippen molar-refractivity contribution in [2.45, 2.75) is 57.2 Å². The third-order valence-electron chi connectivity index (χ3n) is 3.64. The highest BCUT2D eigenvalue weighted by atomic mass is 32.2. The van der Waals surface area contributed by atoms with Gasteiger partial charge in [-0.25, -0.2) is 0 Å². The molecule has 1 aliphatic carbocycles. The molecule has 0 unspecified atom stereocenters. The molecule has 0 saturated heterocycles. The second-order valence-corrected chi connectivity index (χ2v) is 8.60. The van der Waals surface area contributed by atoms with Gasteiger partial charge < -0.3 is 10.3 Å². The van der Waals surface area contributed by atoms with Crippen LogP contribution in [-0.2, 0) is 11.2 Å². The third-order valence-corrected chi connectivity index (χ3v) is 6.21. The van der Waals surface area contributed by atoms with Gasteiger partial charge in [0.1, 0.15) is 0 Å². The SMILES string of the molecule is CCS[C@@H]1CCC[C@H](NC(=O)Cc2sc(=S)[nH]c2C)C1. The Hall–Kier alpha value is -0.330. The van der Waals surface area contributed by atoms with E-state index < -0.39 is 0 Å². The van der Waals surface area contributed by atoms with E-state index >= 15 is 0 Å². The zero-order valence-corrected chi connectivity index (χ0v) is 14.5. The van der Waals surface area contributed by atoms with Crippen LogP contribution >= 0.6 is 35.3 Å². The number of thiazole rings is 1. The highest BCUT2D eigenvalue weighted by molar-refractivity contribution is 7.99. The van der Waals surface area contributed by atoms with Crippen LogP contribution in [0.5, 0.6) is 0 Å². The first-order valence-electron chi connectivity index (χ1n) is 7.18. The standard InChI is InChI=1S/C14H22N2OS3/c1-3-19-11-6-4-5-10(7-11)16-13(17)8-12-9(2)15-14(18)20-12/h10-11H,3-8H2,1-2H3,(H,15,18)(H,16,17)/t10-,11+/m0/s1. The van der Waals surface area contributed by atoms with Crippen LogP contribution in [0.25, 0.3) is 0 Å². The summed E-state index contributed by atoms with van der Waals surface area (Å²) in [6.45, 7) is 4.18. The maximum Gasteiger partial charge on any atom is 0.225 e. The Morgan fingerprint density at radius 2 is 2.35 bits per heavy atom. The second kappa shape index (κ2) is 7.61. The first-order valence-corrected chi connectivity index (χ1v) is 9.45. The van der Waals surface area contributed by atoms with E-state index in [1.165, 1.54) is 24.2 Å². The molecule has 1 heterocycles. The molecule has 3 nitrogen and oxygen atoms in total. The van der Waals surface area contributed by atoms with Crippen molar-refractivity contribution in [3.8, 4) is 0 Å². The largest absolute Gasteiger partial charge is 0.353 e. The van der Waals surface area contributed by atoms with Gasteiger partial charge in [0.2, 0.25) is 5.91 Å². The van der Waals surface area contributed by atoms with Crippen LogP contribution in [0.1, 0.15) is 43.2 Å². The van der Waals surface area contributed by atoms with Gasteiger partial charge in [0.15, 0.2) is 3.95 Å². The number of carbonyl (C=O) groups excluding carboxylic acids is 1. The Balaban J connectivity index is 1.85. The van der Waals surface area contributed by atoms with E-state index in [2.05, 4.69) is 17.2 Å². The Morgan fingerprint density at radius 1 is 1.55 bits per heavy atom. The van der Waals surface area contributed by atoms with E-state index in [0.717, 1.165) is 38.4 Å². The van der Waals surface area contributed by atoms with Crippen LogP contribution in [0.3, 0.4) is 0 Å². The van der Waals surface area contributed by atoms with Crippen molar-refractivity contribution in [2.75, 3.05) is 5.75 Å². The monoisotopic (exact) mass is 330 g/mol. The molecule has 2 atom stereocenters. The lowest BCUT2D eigenvalue weighted by atomic mass is 9.95. The molecule has 20 heavy (non-hydrogen) atoms. The van der Waals surface area contributed by atoms with Gasteiger partial charge in [0.05, 0.1) is 6.42 Å². The van der Waals surface area contributed by atoms with Gasteiger partial charge >= 0.3 is 0 Å². The number of rotatable bonds is 5. The van der Waals surface area contributed by atoms with E-state index in [1.807, 2.05) is 18.7 Å². The predicted octanol–water partition coefficient (Wildman–Crippen LogP) is 3.84. The smallest absolute Gasteiger partial charge is 0.225 e. The first kappa shape index (κ1) is 16.0. The molecule has 0 radical (unpaired) electrons. The molecular weight excluding hydrogens is 308 g/mol. The number of H-pyrrole nitrogens is 1. The van der Waals surface area contributed by atoms with E-state index in [4.69, 9.17) is 12.2 Å². The molecule has 1 aromatic heterocycles. The Morgan fingerprint density at radius 3 is 3.00 bits per heavy atom. The van der Waals surface area contributed by atoms with E-state index in [9.17, 15) is 4.79 Å². The fraction of sp³-hybridized carbons (Fsp3) is 0.714. The molecule has 112 valence electrons. The molecule has 1 saturated carbocycles. The molecule has 0 aliphatic heterocycles. The van der Waals surface area contributed by atoms with Gasteiger partial charge in [-0.1, -0.05) is 13.3 Å². The van der Waals surface area contributed by atoms with Crippen molar-refractivity contribution in [1.82, 2.24) is 10.3 Å². The summed E-state index contributed by atoms with van der Waals surface area (Å²) in [5.74, 6) is 1.29. The summed E-state index contributed by atoms with van der Waals surface area (Å²) in [6, 6.07) is 0.354. The van der Waals surface area contributed by atoms with Crippen molar-refractivity contribution in [3.63, 3.8) is 0 Å². The van der Waals surface area contributed by atoms with Gasteiger partial charge in [-0.3, -0.25) is 4.79 Å². The number of hydrogen-bond donors (Lipinski definition) is 2. The van der Waals surface area contributed by atoms with Crippen LogP contribution in [0.4, 0.5) is 0 Å². The maximum atomic E-state index is 12.1. The summed E-state index contributed by atoms with van der Waals surface area (Å²) in [4.78, 5) is 16.3. The summed E-state index contributed by atoms with van der Waals surface area (Å²) in [6.07, 6.45) is 5.21. The predicted molar refractivity (Wildman–Crippen MR) is 90.3 cm³/mol. The normalized spacial score (nSPS) is 22.7. The number of hydrogen-bond acceptors (Lipinski definition) is 4. The number of aryl methyl sites for hydroxylation is 1. The van der Waals surface area contributed by atoms with E-state index in [1.54, 1.807) is 0 Å². The molecule has 1 aliphatic rings. The van der Waals surface area contributed by atoms with Gasteiger partial charge in [0, 0.05) is 21.9 Å². The zero-order valence-electron chi connectivity index (χ0n) is 12.0. The molecule has 2 N–H and O–H groups in total. The molecule has 0 bridgehead atoms. The lowest BCUT2D eigenvalue weighted by molar-refractivity contribution is -0.121. The molecule has 1 fully saturated rings. The van der Waals surface area contributed by atoms with Crippen molar-refractivity contribution in [2.24, 2.45) is 0 Å². The average molecular weight is 331 g/mol. The number of carbonyl (C=O) groups is 1. The minimum absolute atomic E-state index is 0.130.